The van der Waals surface area contributed by atoms with Crippen molar-refractivity contribution in [3.8, 4) is 11.1 Å². The van der Waals surface area contributed by atoms with Crippen LogP contribution in [-0.4, -0.2) is 56.0 Å². The number of nitrogens with one attached hydrogen (secondary N) is 2. The molecule has 1 amide bonds. The summed E-state index contributed by atoms with van der Waals surface area (Å²) in [6, 6.07) is 17.7. The van der Waals surface area contributed by atoms with E-state index in [1.165, 1.54) is 24.8 Å². The molecule has 34 heavy (non-hydrogen) atoms. The highest BCUT2D eigenvalue weighted by Crippen LogP contribution is 2.33. The van der Waals surface area contributed by atoms with Crippen LogP contribution in [0.15, 0.2) is 60.9 Å². The van der Waals surface area contributed by atoms with Crippen LogP contribution in [0.4, 0.5) is 0 Å². The maximum atomic E-state index is 13.2. The number of aromatic nitrogens is 4. The van der Waals surface area contributed by atoms with Gasteiger partial charge in [0.15, 0.2) is 5.69 Å². The largest absolute Gasteiger partial charge is 0.348 e. The Kier molecular flexibility index (Phi) is 5.41. The third-order valence-electron chi connectivity index (χ3n) is 7.61. The lowest BCUT2D eigenvalue weighted by molar-refractivity contribution is 0.0462. The quantitative estimate of drug-likeness (QED) is 0.473. The fourth-order valence-corrected chi connectivity index (χ4v) is 5.72. The summed E-state index contributed by atoms with van der Waals surface area (Å²) >= 11 is 0. The Labute approximate surface area is 199 Å². The topological polar surface area (TPSA) is 78.8 Å². The Morgan fingerprint density at radius 2 is 1.88 bits per heavy atom. The lowest BCUT2D eigenvalue weighted by Gasteiger charge is -2.47. The second-order valence-electron chi connectivity index (χ2n) is 9.79. The van der Waals surface area contributed by atoms with E-state index >= 15 is 0 Å². The number of rotatable bonds is 5. The average molecular weight is 455 g/mol. The summed E-state index contributed by atoms with van der Waals surface area (Å²) in [5.41, 5.74) is 4.59. The van der Waals surface area contributed by atoms with Crippen LogP contribution in [-0.2, 0) is 6.54 Å². The van der Waals surface area contributed by atoms with Crippen molar-refractivity contribution in [2.24, 2.45) is 0 Å². The van der Waals surface area contributed by atoms with Crippen molar-refractivity contribution in [2.45, 2.75) is 56.8 Å². The maximum Gasteiger partial charge on any atom is 0.272 e. The molecule has 6 rings (SSSR count). The van der Waals surface area contributed by atoms with Crippen LogP contribution in [0.1, 0.15) is 48.2 Å². The Bertz CT molecular complexity index is 1300. The van der Waals surface area contributed by atoms with Crippen LogP contribution in [0.25, 0.3) is 22.0 Å². The second-order valence-corrected chi connectivity index (χ2v) is 9.79. The zero-order chi connectivity index (χ0) is 23.1. The maximum absolute atomic E-state index is 13.2. The van der Waals surface area contributed by atoms with E-state index in [2.05, 4.69) is 44.7 Å². The van der Waals surface area contributed by atoms with E-state index in [4.69, 9.17) is 0 Å². The van der Waals surface area contributed by atoms with Gasteiger partial charge in [0.05, 0.1) is 18.3 Å². The fourth-order valence-electron chi connectivity index (χ4n) is 5.72. The molecule has 0 spiro atoms. The summed E-state index contributed by atoms with van der Waals surface area (Å²) in [5.74, 6) is -0.0872. The number of amides is 1. The predicted molar refractivity (Wildman–Crippen MR) is 133 cm³/mol. The van der Waals surface area contributed by atoms with E-state index in [-0.39, 0.29) is 11.9 Å². The van der Waals surface area contributed by atoms with Crippen LogP contribution < -0.4 is 5.32 Å². The number of hydrogen-bond acceptors (Lipinski definition) is 4. The van der Waals surface area contributed by atoms with Gasteiger partial charge in [-0.1, -0.05) is 42.8 Å². The van der Waals surface area contributed by atoms with Crippen molar-refractivity contribution >= 4 is 16.8 Å². The highest BCUT2D eigenvalue weighted by molar-refractivity contribution is 6.05. The van der Waals surface area contributed by atoms with Crippen LogP contribution >= 0.6 is 0 Å². The van der Waals surface area contributed by atoms with Crippen molar-refractivity contribution in [1.29, 1.82) is 0 Å². The van der Waals surface area contributed by atoms with E-state index in [0.29, 0.717) is 17.8 Å². The van der Waals surface area contributed by atoms with Gasteiger partial charge in [-0.25, -0.2) is 0 Å². The first kappa shape index (κ1) is 21.1. The van der Waals surface area contributed by atoms with Gasteiger partial charge in [0, 0.05) is 35.3 Å². The number of aromatic amines is 1. The second kappa shape index (κ2) is 8.72. The van der Waals surface area contributed by atoms with E-state index in [1.807, 2.05) is 53.5 Å². The van der Waals surface area contributed by atoms with E-state index < -0.39 is 0 Å². The average Bonchev–Trinajstić information content (AvgIpc) is 3.47. The van der Waals surface area contributed by atoms with Crippen molar-refractivity contribution in [1.82, 2.24) is 30.2 Å². The molecule has 0 aliphatic carbocycles. The van der Waals surface area contributed by atoms with E-state index in [9.17, 15) is 4.79 Å². The minimum absolute atomic E-state index is 0.0872. The molecule has 4 heterocycles. The SMILES string of the molecule is CN1[C@@H]2CCC[C@H]1CC(NC(=O)c1n[nH]c3ccc(-c4cnn(Cc5ccccc5)c4)cc13)C2. The highest BCUT2D eigenvalue weighted by atomic mass is 16.2. The number of carbonyl (C=O) groups is 1. The monoisotopic (exact) mass is 454 g/mol. The zero-order valence-corrected chi connectivity index (χ0v) is 19.4. The standard InChI is InChI=1S/C27H30N6O/c1-32-22-8-5-9-23(32)14-21(13-22)29-27(34)26-24-12-19(10-11-25(24)30-31-26)20-15-28-33(17-20)16-18-6-3-2-4-7-18/h2-4,6-7,10-12,15,17,21-23H,5,8-9,13-14,16H2,1H3,(H,29,34)(H,30,31)/t21?,22-,23+. The van der Waals surface area contributed by atoms with Gasteiger partial charge >= 0.3 is 0 Å². The molecule has 0 radical (unpaired) electrons. The lowest BCUT2D eigenvalue weighted by Crippen LogP contribution is -2.55. The molecule has 2 N–H and O–H groups in total. The molecule has 2 aliphatic heterocycles. The molecule has 2 aromatic carbocycles. The molecule has 0 saturated carbocycles. The Morgan fingerprint density at radius 3 is 2.68 bits per heavy atom. The molecular formula is C27H30N6O. The Morgan fingerprint density at radius 1 is 1.09 bits per heavy atom. The van der Waals surface area contributed by atoms with Crippen LogP contribution in [0.5, 0.6) is 0 Å². The molecule has 3 atom stereocenters. The van der Waals surface area contributed by atoms with Crippen LogP contribution in [0, 0.1) is 0 Å². The summed E-state index contributed by atoms with van der Waals surface area (Å²) in [4.78, 5) is 15.7. The van der Waals surface area contributed by atoms with E-state index in [0.717, 1.165) is 41.4 Å². The number of benzene rings is 2. The van der Waals surface area contributed by atoms with Crippen molar-refractivity contribution < 1.29 is 4.79 Å². The first-order valence-electron chi connectivity index (χ1n) is 12.2. The minimum Gasteiger partial charge on any atom is -0.348 e. The highest BCUT2D eigenvalue weighted by Gasteiger charge is 2.36. The van der Waals surface area contributed by atoms with Gasteiger partial charge < -0.3 is 10.2 Å². The molecule has 7 nitrogen and oxygen atoms in total. The number of H-pyrrole nitrogens is 1. The van der Waals surface area contributed by atoms with Crippen molar-refractivity contribution in [2.75, 3.05) is 7.05 Å². The predicted octanol–water partition coefficient (Wildman–Crippen LogP) is 4.22. The first-order chi connectivity index (χ1) is 16.6. The third kappa shape index (κ3) is 4.01. The molecule has 2 saturated heterocycles. The number of fused-ring (bicyclic) bond motifs is 3. The molecule has 4 aromatic rings. The third-order valence-corrected chi connectivity index (χ3v) is 7.61. The molecule has 2 fully saturated rings. The zero-order valence-electron chi connectivity index (χ0n) is 19.4. The summed E-state index contributed by atoms with van der Waals surface area (Å²) < 4.78 is 1.94. The van der Waals surface area contributed by atoms with Crippen LogP contribution in [0.3, 0.4) is 0 Å². The summed E-state index contributed by atoms with van der Waals surface area (Å²) in [5, 5.41) is 16.1. The van der Waals surface area contributed by atoms with Gasteiger partial charge in [-0.3, -0.25) is 14.6 Å². The van der Waals surface area contributed by atoms with Crippen molar-refractivity contribution in [3.63, 3.8) is 0 Å². The molecule has 2 aliphatic rings. The lowest BCUT2D eigenvalue weighted by atomic mass is 9.82. The first-order valence-corrected chi connectivity index (χ1v) is 12.2. The van der Waals surface area contributed by atoms with Crippen LogP contribution in [0.2, 0.25) is 0 Å². The smallest absolute Gasteiger partial charge is 0.272 e. The summed E-state index contributed by atoms with van der Waals surface area (Å²) in [6.45, 7) is 0.723. The van der Waals surface area contributed by atoms with Gasteiger partial charge in [-0.15, -0.1) is 0 Å². The normalized spacial score (nSPS) is 22.7. The van der Waals surface area contributed by atoms with Gasteiger partial charge in [0.2, 0.25) is 0 Å². The summed E-state index contributed by atoms with van der Waals surface area (Å²) in [7, 11) is 2.23. The Balaban J connectivity index is 1.21. The fraction of sp³-hybridized carbons (Fsp3) is 0.370. The van der Waals surface area contributed by atoms with Gasteiger partial charge in [-0.05, 0) is 56.0 Å². The minimum atomic E-state index is -0.0872. The number of hydrogen-bond donors (Lipinski definition) is 2. The molecule has 2 aromatic heterocycles. The van der Waals surface area contributed by atoms with E-state index in [1.54, 1.807) is 0 Å². The summed E-state index contributed by atoms with van der Waals surface area (Å²) in [6.07, 6.45) is 9.72. The van der Waals surface area contributed by atoms with Gasteiger partial charge in [0.25, 0.3) is 5.91 Å². The van der Waals surface area contributed by atoms with Gasteiger partial charge in [0.1, 0.15) is 0 Å². The molecular weight excluding hydrogens is 424 g/mol. The molecule has 174 valence electrons. The number of carbonyl (C=O) groups excluding carboxylic acids is 1. The molecule has 2 bridgehead atoms. The van der Waals surface area contributed by atoms with Crippen molar-refractivity contribution in [3.05, 3.63) is 72.2 Å². The molecule has 7 heteroatoms. The molecule has 1 unspecified atom stereocenters. The van der Waals surface area contributed by atoms with Gasteiger partial charge in [-0.2, -0.15) is 10.2 Å². The Hall–Kier alpha value is -3.45. The number of piperidine rings is 2. The number of nitrogens with zero attached hydrogens (tertiary/aromatic N) is 4.